The molecule has 0 N–H and O–H groups in total. The molecular weight excluding hydrogens is 294 g/mol. The normalized spacial score (nSPS) is 22.5. The average molecular weight is 313 g/mol. The summed E-state index contributed by atoms with van der Waals surface area (Å²) in [5.41, 5.74) is 1.16. The van der Waals surface area contributed by atoms with Gasteiger partial charge < -0.3 is 0 Å². The molecule has 1 aliphatic heterocycles. The summed E-state index contributed by atoms with van der Waals surface area (Å²) in [6, 6.07) is 18.7. The molecule has 22 heavy (non-hydrogen) atoms. The number of nitrogens with zero attached hydrogens (tertiary/aromatic N) is 1. The maximum Gasteiger partial charge on any atom is 0.243 e. The van der Waals surface area contributed by atoms with Gasteiger partial charge in [-0.05, 0) is 23.6 Å². The summed E-state index contributed by atoms with van der Waals surface area (Å²) in [5.74, 6) is 0.304. The van der Waals surface area contributed by atoms with E-state index in [0.717, 1.165) is 5.56 Å². The van der Waals surface area contributed by atoms with Crippen molar-refractivity contribution in [3.8, 4) is 0 Å². The van der Waals surface area contributed by atoms with E-state index in [1.165, 1.54) is 0 Å². The van der Waals surface area contributed by atoms with Gasteiger partial charge in [0.2, 0.25) is 10.0 Å². The first-order valence-corrected chi connectivity index (χ1v) is 8.79. The van der Waals surface area contributed by atoms with Crippen molar-refractivity contribution in [2.75, 3.05) is 13.1 Å². The lowest BCUT2D eigenvalue weighted by atomic mass is 9.89. The van der Waals surface area contributed by atoms with Crippen molar-refractivity contribution >= 4 is 10.0 Å². The molecule has 4 heteroatoms. The Kier molecular flexibility index (Phi) is 4.14. The summed E-state index contributed by atoms with van der Waals surface area (Å²) in [5, 5.41) is 0. The highest BCUT2D eigenvalue weighted by atomic mass is 32.2. The van der Waals surface area contributed by atoms with Gasteiger partial charge in [-0.2, -0.15) is 4.31 Å². The van der Waals surface area contributed by atoms with E-state index in [-0.39, 0.29) is 11.8 Å². The average Bonchev–Trinajstić information content (AvgIpc) is 3.01. The number of hydrogen-bond acceptors (Lipinski definition) is 2. The van der Waals surface area contributed by atoms with Crippen molar-refractivity contribution in [2.45, 2.75) is 10.8 Å². The third-order valence-electron chi connectivity index (χ3n) is 4.24. The van der Waals surface area contributed by atoms with Gasteiger partial charge >= 0.3 is 0 Å². The van der Waals surface area contributed by atoms with Crippen LogP contribution in [0.3, 0.4) is 0 Å². The fourth-order valence-electron chi connectivity index (χ4n) is 3.02. The molecule has 3 nitrogen and oxygen atoms in total. The molecular formula is C18H19NO2S. The molecule has 3 rings (SSSR count). The van der Waals surface area contributed by atoms with E-state index >= 15 is 0 Å². The summed E-state index contributed by atoms with van der Waals surface area (Å²) >= 11 is 0. The molecule has 1 fully saturated rings. The van der Waals surface area contributed by atoms with Gasteiger partial charge in [0.25, 0.3) is 0 Å². The van der Waals surface area contributed by atoms with Gasteiger partial charge in [-0.15, -0.1) is 6.58 Å². The number of rotatable bonds is 4. The van der Waals surface area contributed by atoms with Gasteiger partial charge in [-0.1, -0.05) is 54.6 Å². The summed E-state index contributed by atoms with van der Waals surface area (Å²) in [4.78, 5) is 0.353. The highest BCUT2D eigenvalue weighted by molar-refractivity contribution is 7.89. The molecule has 0 unspecified atom stereocenters. The Bertz CT molecular complexity index is 741. The van der Waals surface area contributed by atoms with Crippen molar-refractivity contribution in [3.63, 3.8) is 0 Å². The second-order valence-electron chi connectivity index (χ2n) is 5.55. The van der Waals surface area contributed by atoms with Crippen LogP contribution in [0.15, 0.2) is 78.2 Å². The van der Waals surface area contributed by atoms with Gasteiger partial charge in [-0.3, -0.25) is 0 Å². The van der Waals surface area contributed by atoms with Crippen LogP contribution in [0.2, 0.25) is 0 Å². The molecule has 0 saturated carbocycles. The minimum atomic E-state index is -3.44. The summed E-state index contributed by atoms with van der Waals surface area (Å²) < 4.78 is 27.1. The van der Waals surface area contributed by atoms with Crippen LogP contribution in [-0.2, 0) is 10.0 Å². The molecule has 2 aromatic carbocycles. The molecule has 2 aromatic rings. The Morgan fingerprint density at radius 1 is 0.955 bits per heavy atom. The molecule has 1 saturated heterocycles. The molecule has 2 atom stereocenters. The first-order valence-electron chi connectivity index (χ1n) is 7.35. The molecule has 0 aromatic heterocycles. The smallest absolute Gasteiger partial charge is 0.207 e. The Balaban J connectivity index is 1.90. The zero-order valence-corrected chi connectivity index (χ0v) is 13.1. The quantitative estimate of drug-likeness (QED) is 0.812. The Morgan fingerprint density at radius 2 is 1.55 bits per heavy atom. The summed E-state index contributed by atoms with van der Waals surface area (Å²) in [6.45, 7) is 4.87. The minimum Gasteiger partial charge on any atom is -0.207 e. The van der Waals surface area contributed by atoms with Crippen LogP contribution in [0.25, 0.3) is 0 Å². The molecule has 0 aliphatic carbocycles. The minimum absolute atomic E-state index is 0.140. The topological polar surface area (TPSA) is 37.4 Å². The van der Waals surface area contributed by atoms with Gasteiger partial charge in [-0.25, -0.2) is 8.42 Å². The fourth-order valence-corrected chi connectivity index (χ4v) is 4.55. The number of benzene rings is 2. The van der Waals surface area contributed by atoms with Gasteiger partial charge in [0.15, 0.2) is 0 Å². The second-order valence-corrected chi connectivity index (χ2v) is 7.49. The Labute approximate surface area is 132 Å². The van der Waals surface area contributed by atoms with Gasteiger partial charge in [0.05, 0.1) is 4.90 Å². The maximum absolute atomic E-state index is 12.8. The lowest BCUT2D eigenvalue weighted by molar-refractivity contribution is 0.469. The zero-order valence-electron chi connectivity index (χ0n) is 12.3. The second kappa shape index (κ2) is 6.07. The van der Waals surface area contributed by atoms with E-state index in [1.807, 2.05) is 30.3 Å². The molecule has 1 aliphatic rings. The fraction of sp³-hybridized carbons (Fsp3) is 0.222. The third kappa shape index (κ3) is 2.72. The Hall–Kier alpha value is -1.91. The van der Waals surface area contributed by atoms with Crippen molar-refractivity contribution < 1.29 is 8.42 Å². The van der Waals surface area contributed by atoms with E-state index in [1.54, 1.807) is 28.6 Å². The monoisotopic (exact) mass is 313 g/mol. The summed E-state index contributed by atoms with van der Waals surface area (Å²) in [6.07, 6.45) is 1.87. The predicted molar refractivity (Wildman–Crippen MR) is 88.1 cm³/mol. The highest BCUT2D eigenvalue weighted by Gasteiger charge is 2.38. The molecule has 0 radical (unpaired) electrons. The van der Waals surface area contributed by atoms with Crippen molar-refractivity contribution in [1.82, 2.24) is 4.31 Å². The van der Waals surface area contributed by atoms with Crippen LogP contribution in [0, 0.1) is 5.92 Å². The van der Waals surface area contributed by atoms with Crippen LogP contribution in [0.1, 0.15) is 11.5 Å². The lowest BCUT2D eigenvalue weighted by Crippen LogP contribution is -2.29. The molecule has 114 valence electrons. The predicted octanol–water partition coefficient (Wildman–Crippen LogP) is 3.28. The van der Waals surface area contributed by atoms with Crippen molar-refractivity contribution in [2.24, 2.45) is 5.92 Å². The molecule has 0 spiro atoms. The van der Waals surface area contributed by atoms with E-state index in [4.69, 9.17) is 0 Å². The maximum atomic E-state index is 12.8. The third-order valence-corrected chi connectivity index (χ3v) is 6.09. The first-order chi connectivity index (χ1) is 10.6. The van der Waals surface area contributed by atoms with Crippen LogP contribution in [-0.4, -0.2) is 25.8 Å². The largest absolute Gasteiger partial charge is 0.243 e. The number of hydrogen-bond donors (Lipinski definition) is 0. The molecule has 1 heterocycles. The van der Waals surface area contributed by atoms with E-state index < -0.39 is 10.0 Å². The molecule has 0 amide bonds. The van der Waals surface area contributed by atoms with Crippen LogP contribution in [0.5, 0.6) is 0 Å². The number of sulfonamides is 1. The Morgan fingerprint density at radius 3 is 2.14 bits per heavy atom. The molecule has 0 bridgehead atoms. The summed E-state index contributed by atoms with van der Waals surface area (Å²) in [7, 11) is -3.44. The SMILES string of the molecule is C=C[C@H]1CN(S(=O)(=O)c2ccccc2)C[C@@H]1c1ccccc1. The first kappa shape index (κ1) is 15.0. The van der Waals surface area contributed by atoms with Crippen molar-refractivity contribution in [3.05, 3.63) is 78.9 Å². The van der Waals surface area contributed by atoms with Gasteiger partial charge in [0.1, 0.15) is 0 Å². The van der Waals surface area contributed by atoms with E-state index in [9.17, 15) is 8.42 Å². The van der Waals surface area contributed by atoms with Crippen molar-refractivity contribution in [1.29, 1.82) is 0 Å². The van der Waals surface area contributed by atoms with E-state index in [2.05, 4.69) is 18.7 Å². The lowest BCUT2D eigenvalue weighted by Gasteiger charge is -2.16. The van der Waals surface area contributed by atoms with Crippen LogP contribution >= 0.6 is 0 Å². The van der Waals surface area contributed by atoms with Crippen LogP contribution < -0.4 is 0 Å². The van der Waals surface area contributed by atoms with Gasteiger partial charge in [0, 0.05) is 19.0 Å². The van der Waals surface area contributed by atoms with Crippen LogP contribution in [0.4, 0.5) is 0 Å². The standard InChI is InChI=1S/C18H19NO2S/c1-2-15-13-19(14-18(15)16-9-5-3-6-10-16)22(20,21)17-11-7-4-8-12-17/h2-12,15,18H,1,13-14H2/t15-,18-/m0/s1. The zero-order chi connectivity index (χ0) is 15.6. The van der Waals surface area contributed by atoms with E-state index in [0.29, 0.717) is 18.0 Å². The highest BCUT2D eigenvalue weighted by Crippen LogP contribution is 2.36.